The molecule has 1 aromatic carbocycles. The Hall–Kier alpha value is -1.58. The first-order chi connectivity index (χ1) is 11.4. The second-order valence-corrected chi connectivity index (χ2v) is 6.26. The fraction of sp³-hybridized carbons (Fsp3) is 0.450. The summed E-state index contributed by atoms with van der Waals surface area (Å²) < 4.78 is 5.77. The Kier molecular flexibility index (Phi) is 7.54. The van der Waals surface area contributed by atoms with Gasteiger partial charge in [-0.25, -0.2) is 0 Å². The van der Waals surface area contributed by atoms with Crippen LogP contribution in [-0.4, -0.2) is 23.0 Å². The fourth-order valence-corrected chi connectivity index (χ4v) is 3.32. The quantitative estimate of drug-likeness (QED) is 0.795. The van der Waals surface area contributed by atoms with Gasteiger partial charge >= 0.3 is 0 Å². The predicted molar refractivity (Wildman–Crippen MR) is 93.5 cm³/mol. The average Bonchev–Trinajstić information content (AvgIpc) is 2.61. The van der Waals surface area contributed by atoms with Gasteiger partial charge in [0.1, 0.15) is 5.75 Å². The Labute approximate surface area is 151 Å². The van der Waals surface area contributed by atoms with Crippen molar-refractivity contribution in [3.05, 3.63) is 59.9 Å². The minimum absolute atomic E-state index is 0. The number of aromatic nitrogens is 1. The van der Waals surface area contributed by atoms with Gasteiger partial charge in [-0.2, -0.15) is 0 Å². The summed E-state index contributed by atoms with van der Waals surface area (Å²) in [4.78, 5) is 6.89. The molecule has 1 aliphatic rings. The van der Waals surface area contributed by atoms with E-state index in [0.29, 0.717) is 6.04 Å². The van der Waals surface area contributed by atoms with Crippen LogP contribution in [0.1, 0.15) is 49.8 Å². The molecule has 0 amide bonds. The van der Waals surface area contributed by atoms with Crippen molar-refractivity contribution in [3.8, 4) is 5.75 Å². The number of likely N-dealkylation sites (tertiary alicyclic amines) is 1. The van der Waals surface area contributed by atoms with E-state index in [1.165, 1.54) is 30.4 Å². The Bertz CT molecular complexity index is 606. The van der Waals surface area contributed by atoms with E-state index in [2.05, 4.69) is 41.1 Å². The van der Waals surface area contributed by atoms with E-state index in [9.17, 15) is 0 Å². The van der Waals surface area contributed by atoms with E-state index in [0.717, 1.165) is 31.9 Å². The number of hydrogen-bond acceptors (Lipinski definition) is 3. The number of benzene rings is 1. The average molecular weight is 346 g/mol. The molecular weight excluding hydrogens is 320 g/mol. The van der Waals surface area contributed by atoms with Crippen LogP contribution in [0.3, 0.4) is 0 Å². The van der Waals surface area contributed by atoms with E-state index in [1.54, 1.807) is 0 Å². The molecule has 2 aromatic rings. The van der Waals surface area contributed by atoms with Gasteiger partial charge in [0.2, 0.25) is 0 Å². The third-order valence-corrected chi connectivity index (χ3v) is 4.44. The molecule has 1 aliphatic heterocycles. The Balaban J connectivity index is 0.00000208. The van der Waals surface area contributed by atoms with E-state index in [-0.39, 0.29) is 12.4 Å². The standard InChI is InChI=1S/C20H26N2O.ClH/c1-2-13-23-19-9-5-7-17(14-19)16-22-12-4-3-10-20(22)18-8-6-11-21-15-18;/h5-9,11,14-15,20H,2-4,10,12-13,16H2,1H3;1H/p-1. The first-order valence-corrected chi connectivity index (χ1v) is 8.72. The van der Waals surface area contributed by atoms with Crippen LogP contribution < -0.4 is 17.1 Å². The van der Waals surface area contributed by atoms with Gasteiger partial charge in [0.05, 0.1) is 6.61 Å². The predicted octanol–water partition coefficient (Wildman–Crippen LogP) is 1.60. The van der Waals surface area contributed by atoms with Crippen LogP contribution >= 0.6 is 0 Å². The maximum atomic E-state index is 5.77. The summed E-state index contributed by atoms with van der Waals surface area (Å²) in [6.45, 7) is 5.05. The van der Waals surface area contributed by atoms with Gasteiger partial charge in [-0.05, 0) is 55.1 Å². The molecule has 130 valence electrons. The molecule has 0 saturated carbocycles. The van der Waals surface area contributed by atoms with Crippen molar-refractivity contribution in [2.24, 2.45) is 0 Å². The van der Waals surface area contributed by atoms with Crippen LogP contribution in [0.25, 0.3) is 0 Å². The molecular formula is C20H26ClN2O-. The molecule has 1 saturated heterocycles. The summed E-state index contributed by atoms with van der Waals surface area (Å²) in [6.07, 6.45) is 8.71. The van der Waals surface area contributed by atoms with Crippen LogP contribution in [0.4, 0.5) is 0 Å². The van der Waals surface area contributed by atoms with Gasteiger partial charge in [-0.1, -0.05) is 31.5 Å². The van der Waals surface area contributed by atoms with Crippen LogP contribution in [0.15, 0.2) is 48.8 Å². The Morgan fingerprint density at radius 1 is 1.21 bits per heavy atom. The second-order valence-electron chi connectivity index (χ2n) is 6.26. The normalized spacial score (nSPS) is 18.0. The van der Waals surface area contributed by atoms with Crippen LogP contribution in [0, 0.1) is 0 Å². The SMILES string of the molecule is CCCOc1cccc(CN2CCCCC2c2cccnc2)c1.[Cl-]. The van der Waals surface area contributed by atoms with Crippen molar-refractivity contribution in [2.45, 2.75) is 45.2 Å². The van der Waals surface area contributed by atoms with Gasteiger partial charge < -0.3 is 17.1 Å². The molecule has 1 atom stereocenters. The Morgan fingerprint density at radius 3 is 2.92 bits per heavy atom. The number of pyridine rings is 1. The molecule has 1 aromatic heterocycles. The number of nitrogens with zero attached hydrogens (tertiary/aromatic N) is 2. The molecule has 4 heteroatoms. The zero-order chi connectivity index (χ0) is 15.9. The molecule has 0 radical (unpaired) electrons. The van der Waals surface area contributed by atoms with Gasteiger partial charge in [0.25, 0.3) is 0 Å². The third-order valence-electron chi connectivity index (χ3n) is 4.44. The van der Waals surface area contributed by atoms with E-state index in [4.69, 9.17) is 4.74 Å². The number of ether oxygens (including phenoxy) is 1. The fourth-order valence-electron chi connectivity index (χ4n) is 3.32. The summed E-state index contributed by atoms with van der Waals surface area (Å²) in [6, 6.07) is 13.3. The molecule has 1 fully saturated rings. The van der Waals surface area contributed by atoms with Gasteiger partial charge in [-0.3, -0.25) is 9.88 Å². The molecule has 0 N–H and O–H groups in total. The van der Waals surface area contributed by atoms with E-state index >= 15 is 0 Å². The van der Waals surface area contributed by atoms with Crippen LogP contribution in [0.2, 0.25) is 0 Å². The number of halogens is 1. The lowest BCUT2D eigenvalue weighted by Crippen LogP contribution is -3.00. The van der Waals surface area contributed by atoms with Gasteiger partial charge in [0, 0.05) is 25.0 Å². The van der Waals surface area contributed by atoms with Crippen molar-refractivity contribution < 1.29 is 17.1 Å². The summed E-state index contributed by atoms with van der Waals surface area (Å²) in [5, 5.41) is 0. The molecule has 0 spiro atoms. The van der Waals surface area contributed by atoms with Crippen molar-refractivity contribution in [2.75, 3.05) is 13.2 Å². The molecule has 3 nitrogen and oxygen atoms in total. The summed E-state index contributed by atoms with van der Waals surface area (Å²) in [5.74, 6) is 0.985. The zero-order valence-corrected chi connectivity index (χ0v) is 15.1. The first-order valence-electron chi connectivity index (χ1n) is 8.72. The molecule has 1 unspecified atom stereocenters. The lowest BCUT2D eigenvalue weighted by atomic mass is 9.96. The van der Waals surface area contributed by atoms with Crippen molar-refractivity contribution in [3.63, 3.8) is 0 Å². The molecule has 3 rings (SSSR count). The smallest absolute Gasteiger partial charge is 0.119 e. The highest BCUT2D eigenvalue weighted by Gasteiger charge is 2.24. The number of piperidine rings is 1. The van der Waals surface area contributed by atoms with E-state index < -0.39 is 0 Å². The molecule has 2 heterocycles. The highest BCUT2D eigenvalue weighted by atomic mass is 35.5. The highest BCUT2D eigenvalue weighted by Crippen LogP contribution is 2.32. The third kappa shape index (κ3) is 4.96. The van der Waals surface area contributed by atoms with Crippen molar-refractivity contribution >= 4 is 0 Å². The monoisotopic (exact) mass is 345 g/mol. The second kappa shape index (κ2) is 9.65. The van der Waals surface area contributed by atoms with Crippen LogP contribution in [-0.2, 0) is 6.54 Å². The number of rotatable bonds is 6. The van der Waals surface area contributed by atoms with Crippen molar-refractivity contribution in [1.82, 2.24) is 9.88 Å². The maximum Gasteiger partial charge on any atom is 0.119 e. The highest BCUT2D eigenvalue weighted by molar-refractivity contribution is 5.29. The topological polar surface area (TPSA) is 25.4 Å². The van der Waals surface area contributed by atoms with Crippen molar-refractivity contribution in [1.29, 1.82) is 0 Å². The van der Waals surface area contributed by atoms with Gasteiger partial charge in [-0.15, -0.1) is 0 Å². The summed E-state index contributed by atoms with van der Waals surface area (Å²) in [5.41, 5.74) is 2.67. The zero-order valence-electron chi connectivity index (χ0n) is 14.3. The maximum absolute atomic E-state index is 5.77. The minimum Gasteiger partial charge on any atom is -1.00 e. The summed E-state index contributed by atoms with van der Waals surface area (Å²) in [7, 11) is 0. The molecule has 0 aliphatic carbocycles. The molecule has 0 bridgehead atoms. The van der Waals surface area contributed by atoms with Crippen LogP contribution in [0.5, 0.6) is 5.75 Å². The Morgan fingerprint density at radius 2 is 2.12 bits per heavy atom. The first kappa shape index (κ1) is 18.8. The van der Waals surface area contributed by atoms with E-state index in [1.807, 2.05) is 24.5 Å². The lowest BCUT2D eigenvalue weighted by Gasteiger charge is -2.36. The van der Waals surface area contributed by atoms with Gasteiger partial charge in [0.15, 0.2) is 0 Å². The minimum atomic E-state index is 0. The lowest BCUT2D eigenvalue weighted by molar-refractivity contribution is -0.00000528. The number of hydrogen-bond donors (Lipinski definition) is 0. The molecule has 24 heavy (non-hydrogen) atoms. The largest absolute Gasteiger partial charge is 1.00 e. The summed E-state index contributed by atoms with van der Waals surface area (Å²) >= 11 is 0.